The lowest BCUT2D eigenvalue weighted by Gasteiger charge is -2.29. The van der Waals surface area contributed by atoms with E-state index in [0.29, 0.717) is 6.42 Å². The van der Waals surface area contributed by atoms with Crippen molar-refractivity contribution in [2.45, 2.75) is 38.3 Å². The van der Waals surface area contributed by atoms with E-state index in [-0.39, 0.29) is 0 Å². The zero-order valence-corrected chi connectivity index (χ0v) is 14.2. The number of methoxy groups -OCH3 is 1. The summed E-state index contributed by atoms with van der Waals surface area (Å²) < 4.78 is 38.5. The van der Waals surface area contributed by atoms with Gasteiger partial charge in [-0.25, -0.2) is 0 Å². The summed E-state index contributed by atoms with van der Waals surface area (Å²) in [6.45, 7) is 5.99. The van der Waals surface area contributed by atoms with Gasteiger partial charge in [-0.1, -0.05) is 12.1 Å². The van der Waals surface area contributed by atoms with Gasteiger partial charge in [-0.05, 0) is 50.3 Å². The molecule has 0 spiro atoms. The molecule has 0 amide bonds. The smallest absolute Gasteiger partial charge is 0.377 e. The van der Waals surface area contributed by atoms with Crippen LogP contribution in [0.25, 0.3) is 0 Å². The normalized spacial score (nSPS) is 14.3. The maximum Gasteiger partial charge on any atom is 0.377 e. The quantitative estimate of drug-likeness (QED) is 0.584. The van der Waals surface area contributed by atoms with E-state index in [1.54, 1.807) is 20.2 Å². The Labute approximate surface area is 116 Å². The number of benzene rings is 1. The fourth-order valence-electron chi connectivity index (χ4n) is 1.74. The third-order valence-corrected chi connectivity index (χ3v) is 5.70. The van der Waals surface area contributed by atoms with Crippen LogP contribution in [0.4, 0.5) is 8.22 Å². The minimum absolute atomic E-state index is 0.403. The first-order valence-corrected chi connectivity index (χ1v) is 12.0. The fourth-order valence-corrected chi connectivity index (χ4v) is 5.18. The first kappa shape index (κ1) is 16.3. The van der Waals surface area contributed by atoms with Crippen molar-refractivity contribution in [2.75, 3.05) is 7.11 Å². The van der Waals surface area contributed by atoms with Crippen molar-refractivity contribution in [1.29, 1.82) is 0 Å². The van der Waals surface area contributed by atoms with Crippen molar-refractivity contribution >= 4 is 17.1 Å². The van der Waals surface area contributed by atoms with Crippen LogP contribution in [-0.4, -0.2) is 29.9 Å². The molecule has 6 heteroatoms. The fraction of sp³-hybridized carbons (Fsp3) is 0.538. The van der Waals surface area contributed by atoms with Crippen molar-refractivity contribution in [3.05, 3.63) is 29.8 Å². The van der Waals surface area contributed by atoms with Crippen LogP contribution in [0.15, 0.2) is 24.3 Å². The van der Waals surface area contributed by atoms with Crippen molar-refractivity contribution in [3.8, 4) is 5.75 Å². The molecule has 1 aromatic rings. The average Bonchev–Trinajstić information content (AvgIpc) is 2.26. The second kappa shape index (κ2) is 6.15. The third-order valence-electron chi connectivity index (χ3n) is 2.77. The Kier molecular flexibility index (Phi) is 5.29. The molecule has 1 rings (SSSR count). The van der Waals surface area contributed by atoms with Gasteiger partial charge < -0.3 is 13.3 Å². The molecule has 0 bridgehead atoms. The molecule has 1 unspecified atom stereocenters. The van der Waals surface area contributed by atoms with Crippen LogP contribution in [0.5, 0.6) is 5.75 Å². The van der Waals surface area contributed by atoms with Crippen molar-refractivity contribution in [2.24, 2.45) is 0 Å². The van der Waals surface area contributed by atoms with Crippen LogP contribution in [-0.2, 0) is 10.8 Å². The Morgan fingerprint density at radius 3 is 1.95 bits per heavy atom. The standard InChI is InChI=1S/C13H22F2O2Si2/c1-16-12-8-6-11(7-9-12)10-13(18(2,3)14)17-19(4,5)15/h6-9,13H,10H2,1-5H3. The van der Waals surface area contributed by atoms with Gasteiger partial charge >= 0.3 is 8.65 Å². The molecule has 0 aliphatic heterocycles. The van der Waals surface area contributed by atoms with Crippen LogP contribution in [0, 0.1) is 0 Å². The van der Waals surface area contributed by atoms with Crippen LogP contribution < -0.4 is 4.74 Å². The number of halogens is 2. The Morgan fingerprint density at radius 1 is 1.05 bits per heavy atom. The van der Waals surface area contributed by atoms with Crippen molar-refractivity contribution < 1.29 is 17.4 Å². The van der Waals surface area contributed by atoms with Gasteiger partial charge in [-0.3, -0.25) is 4.11 Å². The molecule has 0 saturated carbocycles. The topological polar surface area (TPSA) is 18.5 Å². The summed E-state index contributed by atoms with van der Waals surface area (Å²) >= 11 is 0. The molecule has 0 N–H and O–H groups in total. The Morgan fingerprint density at radius 2 is 1.58 bits per heavy atom. The van der Waals surface area contributed by atoms with Crippen LogP contribution in [0.3, 0.4) is 0 Å². The molecule has 19 heavy (non-hydrogen) atoms. The Balaban J connectivity index is 2.82. The number of hydrogen-bond acceptors (Lipinski definition) is 2. The summed E-state index contributed by atoms with van der Waals surface area (Å²) in [4.78, 5) is 0. The van der Waals surface area contributed by atoms with Gasteiger partial charge in [-0.15, -0.1) is 0 Å². The zero-order valence-electron chi connectivity index (χ0n) is 12.2. The van der Waals surface area contributed by atoms with Gasteiger partial charge in [0, 0.05) is 0 Å². The van der Waals surface area contributed by atoms with E-state index < -0.39 is 22.8 Å². The van der Waals surface area contributed by atoms with Crippen LogP contribution in [0.2, 0.25) is 26.2 Å². The van der Waals surface area contributed by atoms with E-state index in [0.717, 1.165) is 11.3 Å². The van der Waals surface area contributed by atoms with E-state index >= 15 is 0 Å². The van der Waals surface area contributed by atoms with E-state index in [9.17, 15) is 8.22 Å². The highest BCUT2D eigenvalue weighted by Crippen LogP contribution is 2.23. The van der Waals surface area contributed by atoms with Gasteiger partial charge in [0.15, 0.2) is 0 Å². The molecule has 0 fully saturated rings. The first-order chi connectivity index (χ1) is 8.62. The monoisotopic (exact) mass is 304 g/mol. The molecule has 0 saturated heterocycles. The van der Waals surface area contributed by atoms with E-state index in [1.807, 2.05) is 24.3 Å². The van der Waals surface area contributed by atoms with Gasteiger partial charge in [0.05, 0.1) is 12.8 Å². The summed E-state index contributed by atoms with van der Waals surface area (Å²) in [5, 5.41) is 0. The molecule has 0 aliphatic rings. The Bertz CT molecular complexity index is 397. The Hall–Kier alpha value is -0.726. The highest BCUT2D eigenvalue weighted by Gasteiger charge is 2.39. The molecule has 1 atom stereocenters. The number of hydrogen-bond donors (Lipinski definition) is 0. The number of ether oxygens (including phenoxy) is 1. The molecule has 2 nitrogen and oxygen atoms in total. The first-order valence-electron chi connectivity index (χ1n) is 6.30. The molecule has 108 valence electrons. The minimum atomic E-state index is -3.23. The highest BCUT2D eigenvalue weighted by atomic mass is 28.4. The van der Waals surface area contributed by atoms with Gasteiger partial charge in [0.1, 0.15) is 5.75 Å². The van der Waals surface area contributed by atoms with Crippen molar-refractivity contribution in [1.82, 2.24) is 0 Å². The lowest BCUT2D eigenvalue weighted by molar-refractivity contribution is 0.222. The van der Waals surface area contributed by atoms with Gasteiger partial charge in [0.25, 0.3) is 8.41 Å². The summed E-state index contributed by atoms with van der Waals surface area (Å²) in [5.41, 5.74) is 0.287. The SMILES string of the molecule is COc1ccc(CC(O[Si](C)(C)F)[Si](C)(C)F)cc1. The summed E-state index contributed by atoms with van der Waals surface area (Å²) in [6.07, 6.45) is 0.403. The molecule has 0 heterocycles. The molecule has 0 radical (unpaired) electrons. The molecule has 1 aromatic carbocycles. The van der Waals surface area contributed by atoms with Crippen LogP contribution >= 0.6 is 0 Å². The molecular formula is C13H22F2O2Si2. The zero-order chi connectivity index (χ0) is 14.7. The molecule has 0 aromatic heterocycles. The summed E-state index contributed by atoms with van der Waals surface area (Å²) in [5.74, 6) is 0.748. The summed E-state index contributed by atoms with van der Waals surface area (Å²) in [7, 11) is -4.70. The van der Waals surface area contributed by atoms with Crippen molar-refractivity contribution in [3.63, 3.8) is 0 Å². The van der Waals surface area contributed by atoms with E-state index in [4.69, 9.17) is 9.16 Å². The largest absolute Gasteiger partial charge is 0.497 e. The predicted octanol–water partition coefficient (Wildman–Crippen LogP) is 4.01. The molecular weight excluding hydrogens is 282 g/mol. The van der Waals surface area contributed by atoms with Gasteiger partial charge in [-0.2, -0.15) is 0 Å². The maximum absolute atomic E-state index is 14.3. The lowest BCUT2D eigenvalue weighted by atomic mass is 10.1. The number of rotatable bonds is 6. The van der Waals surface area contributed by atoms with E-state index in [2.05, 4.69) is 0 Å². The highest BCUT2D eigenvalue weighted by molar-refractivity contribution is 6.73. The molecule has 0 aliphatic carbocycles. The van der Waals surface area contributed by atoms with E-state index in [1.165, 1.54) is 13.1 Å². The second-order valence-corrected chi connectivity index (χ2v) is 12.3. The third kappa shape index (κ3) is 5.84. The van der Waals surface area contributed by atoms with Gasteiger partial charge in [0.2, 0.25) is 0 Å². The average molecular weight is 304 g/mol. The maximum atomic E-state index is 14.3. The summed E-state index contributed by atoms with van der Waals surface area (Å²) in [6, 6.07) is 7.36. The lowest BCUT2D eigenvalue weighted by Crippen LogP contribution is -2.46. The minimum Gasteiger partial charge on any atom is -0.497 e. The second-order valence-electron chi connectivity index (χ2n) is 5.59. The van der Waals surface area contributed by atoms with Crippen LogP contribution in [0.1, 0.15) is 5.56 Å². The predicted molar refractivity (Wildman–Crippen MR) is 78.8 cm³/mol.